The lowest BCUT2D eigenvalue weighted by Crippen LogP contribution is -2.01. The van der Waals surface area contributed by atoms with Crippen molar-refractivity contribution in [1.29, 1.82) is 0 Å². The quantitative estimate of drug-likeness (QED) is 0.366. The molecule has 0 saturated carbocycles. The average molecular weight is 242 g/mol. The van der Waals surface area contributed by atoms with Crippen LogP contribution < -0.4 is 0 Å². The summed E-state index contributed by atoms with van der Waals surface area (Å²) in [5, 5.41) is 0. The van der Waals surface area contributed by atoms with Crippen molar-refractivity contribution in [3.8, 4) is 0 Å². The van der Waals surface area contributed by atoms with Gasteiger partial charge >= 0.3 is 0 Å². The van der Waals surface area contributed by atoms with Crippen LogP contribution in [0.5, 0.6) is 0 Å². The Bertz CT molecular complexity index is 170. The predicted molar refractivity (Wildman–Crippen MR) is 72.1 cm³/mol. The van der Waals surface area contributed by atoms with E-state index in [1.165, 1.54) is 57.8 Å². The van der Waals surface area contributed by atoms with Crippen molar-refractivity contribution in [2.45, 2.75) is 90.4 Å². The summed E-state index contributed by atoms with van der Waals surface area (Å²) in [4.78, 5) is 0. The molecule has 0 aliphatic carbocycles. The second-order valence-electron chi connectivity index (χ2n) is 5.18. The molecular weight excluding hydrogens is 212 g/mol. The molecule has 2 atom stereocenters. The Kier molecular flexibility index (Phi) is 8.72. The first-order chi connectivity index (χ1) is 8.38. The molecule has 102 valence electrons. The highest BCUT2D eigenvalue weighted by atomic mass is 16.8. The van der Waals surface area contributed by atoms with E-state index in [1.807, 2.05) is 0 Å². The van der Waals surface area contributed by atoms with Gasteiger partial charge in [-0.25, -0.2) is 0 Å². The molecule has 0 bridgehead atoms. The number of epoxide rings is 1. The minimum Gasteiger partial charge on any atom is -0.350 e. The Labute approximate surface area is 107 Å². The van der Waals surface area contributed by atoms with E-state index in [4.69, 9.17) is 9.47 Å². The van der Waals surface area contributed by atoms with Crippen LogP contribution in [0.15, 0.2) is 0 Å². The smallest absolute Gasteiger partial charge is 0.184 e. The second-order valence-corrected chi connectivity index (χ2v) is 5.18. The molecule has 1 rings (SSSR count). The summed E-state index contributed by atoms with van der Waals surface area (Å²) in [6.07, 6.45) is 13.9. The Morgan fingerprint density at radius 2 is 1.47 bits per heavy atom. The molecule has 2 unspecified atom stereocenters. The summed E-state index contributed by atoms with van der Waals surface area (Å²) < 4.78 is 11.0. The molecule has 0 spiro atoms. The van der Waals surface area contributed by atoms with Crippen LogP contribution >= 0.6 is 0 Å². The Balaban J connectivity index is 1.74. The van der Waals surface area contributed by atoms with Crippen LogP contribution in [0.25, 0.3) is 0 Å². The van der Waals surface area contributed by atoms with E-state index < -0.39 is 0 Å². The van der Waals surface area contributed by atoms with E-state index >= 15 is 0 Å². The first kappa shape index (κ1) is 15.0. The second kappa shape index (κ2) is 9.90. The monoisotopic (exact) mass is 242 g/mol. The van der Waals surface area contributed by atoms with Crippen molar-refractivity contribution in [3.63, 3.8) is 0 Å². The number of hydrogen-bond acceptors (Lipinski definition) is 2. The first-order valence-corrected chi connectivity index (χ1v) is 7.65. The maximum Gasteiger partial charge on any atom is 0.184 e. The average Bonchev–Trinajstić information content (AvgIpc) is 3.09. The molecule has 0 aromatic carbocycles. The zero-order valence-corrected chi connectivity index (χ0v) is 11.7. The summed E-state index contributed by atoms with van der Waals surface area (Å²) >= 11 is 0. The third kappa shape index (κ3) is 7.77. The molecule has 0 aromatic heterocycles. The minimum atomic E-state index is 0.138. The molecule has 1 aliphatic heterocycles. The fourth-order valence-corrected chi connectivity index (χ4v) is 2.19. The zero-order chi connectivity index (χ0) is 12.3. The molecule has 0 radical (unpaired) electrons. The van der Waals surface area contributed by atoms with Gasteiger partial charge in [0.2, 0.25) is 0 Å². The van der Waals surface area contributed by atoms with Crippen molar-refractivity contribution in [3.05, 3.63) is 0 Å². The molecule has 2 heteroatoms. The SMILES string of the molecule is CCCCCCCCCCC1OC1OCCC. The maximum absolute atomic E-state index is 5.51. The molecular formula is C15H30O2. The van der Waals surface area contributed by atoms with Crippen molar-refractivity contribution in [2.24, 2.45) is 0 Å². The lowest BCUT2D eigenvalue weighted by atomic mass is 10.1. The molecule has 1 saturated heterocycles. The van der Waals surface area contributed by atoms with Gasteiger partial charge in [-0.2, -0.15) is 0 Å². The van der Waals surface area contributed by atoms with E-state index in [0.29, 0.717) is 6.10 Å². The van der Waals surface area contributed by atoms with Gasteiger partial charge in [0.05, 0.1) is 0 Å². The van der Waals surface area contributed by atoms with E-state index in [2.05, 4.69) is 13.8 Å². The molecule has 1 aliphatic rings. The number of rotatable bonds is 12. The number of unbranched alkanes of at least 4 members (excludes halogenated alkanes) is 7. The summed E-state index contributed by atoms with van der Waals surface area (Å²) in [5.74, 6) is 0. The molecule has 2 nitrogen and oxygen atoms in total. The van der Waals surface area contributed by atoms with Gasteiger partial charge in [-0.15, -0.1) is 0 Å². The lowest BCUT2D eigenvalue weighted by Gasteiger charge is -2.00. The largest absolute Gasteiger partial charge is 0.350 e. The molecule has 1 fully saturated rings. The Morgan fingerprint density at radius 1 is 0.824 bits per heavy atom. The highest BCUT2D eigenvalue weighted by Gasteiger charge is 2.38. The first-order valence-electron chi connectivity index (χ1n) is 7.65. The van der Waals surface area contributed by atoms with Gasteiger partial charge in [0.1, 0.15) is 6.10 Å². The Morgan fingerprint density at radius 3 is 2.12 bits per heavy atom. The van der Waals surface area contributed by atoms with Crippen LogP contribution in [0.1, 0.15) is 78.1 Å². The van der Waals surface area contributed by atoms with Crippen LogP contribution in [-0.4, -0.2) is 19.0 Å². The molecule has 17 heavy (non-hydrogen) atoms. The standard InChI is InChI=1S/C15H30O2/c1-3-5-6-7-8-9-10-11-12-14-15(17-14)16-13-4-2/h14-15H,3-13H2,1-2H3. The van der Waals surface area contributed by atoms with Crippen molar-refractivity contribution in [2.75, 3.05) is 6.61 Å². The van der Waals surface area contributed by atoms with Crippen LogP contribution in [-0.2, 0) is 9.47 Å². The maximum atomic E-state index is 5.51. The lowest BCUT2D eigenvalue weighted by molar-refractivity contribution is 0.0507. The van der Waals surface area contributed by atoms with Crippen molar-refractivity contribution < 1.29 is 9.47 Å². The van der Waals surface area contributed by atoms with Gasteiger partial charge in [-0.1, -0.05) is 65.2 Å². The van der Waals surface area contributed by atoms with E-state index in [-0.39, 0.29) is 6.29 Å². The van der Waals surface area contributed by atoms with Crippen molar-refractivity contribution in [1.82, 2.24) is 0 Å². The number of ether oxygens (including phenoxy) is 2. The predicted octanol–water partition coefficient (Wildman–Crippen LogP) is 4.67. The Hall–Kier alpha value is -0.0800. The van der Waals surface area contributed by atoms with Gasteiger partial charge in [0.15, 0.2) is 6.29 Å². The molecule has 0 N–H and O–H groups in total. The van der Waals surface area contributed by atoms with E-state index in [1.54, 1.807) is 0 Å². The normalized spacial score (nSPS) is 22.9. The fourth-order valence-electron chi connectivity index (χ4n) is 2.19. The summed E-state index contributed by atoms with van der Waals surface area (Å²) in [5.41, 5.74) is 0. The van der Waals surface area contributed by atoms with Crippen molar-refractivity contribution >= 4 is 0 Å². The van der Waals surface area contributed by atoms with Gasteiger partial charge in [0, 0.05) is 6.61 Å². The third-order valence-electron chi connectivity index (χ3n) is 3.36. The molecule has 1 heterocycles. The third-order valence-corrected chi connectivity index (χ3v) is 3.36. The number of hydrogen-bond donors (Lipinski definition) is 0. The van der Waals surface area contributed by atoms with Gasteiger partial charge < -0.3 is 9.47 Å². The van der Waals surface area contributed by atoms with E-state index in [9.17, 15) is 0 Å². The topological polar surface area (TPSA) is 21.8 Å². The van der Waals surface area contributed by atoms with Crippen LogP contribution in [0, 0.1) is 0 Å². The van der Waals surface area contributed by atoms with E-state index in [0.717, 1.165) is 13.0 Å². The van der Waals surface area contributed by atoms with Gasteiger partial charge in [-0.3, -0.25) is 0 Å². The fraction of sp³-hybridized carbons (Fsp3) is 1.00. The highest BCUT2D eigenvalue weighted by Crippen LogP contribution is 2.28. The van der Waals surface area contributed by atoms with Crippen LogP contribution in [0.3, 0.4) is 0 Å². The summed E-state index contributed by atoms with van der Waals surface area (Å²) in [6.45, 7) is 5.25. The molecule has 0 amide bonds. The molecule has 0 aromatic rings. The minimum absolute atomic E-state index is 0.138. The highest BCUT2D eigenvalue weighted by molar-refractivity contribution is 4.76. The van der Waals surface area contributed by atoms with Crippen LogP contribution in [0.4, 0.5) is 0 Å². The van der Waals surface area contributed by atoms with Crippen LogP contribution in [0.2, 0.25) is 0 Å². The summed E-state index contributed by atoms with van der Waals surface area (Å²) in [7, 11) is 0. The van der Waals surface area contributed by atoms with Gasteiger partial charge in [-0.05, 0) is 12.8 Å². The summed E-state index contributed by atoms with van der Waals surface area (Å²) in [6, 6.07) is 0. The zero-order valence-electron chi connectivity index (χ0n) is 11.7. The van der Waals surface area contributed by atoms with Gasteiger partial charge in [0.25, 0.3) is 0 Å².